The van der Waals surface area contributed by atoms with E-state index in [4.69, 9.17) is 27.9 Å². The number of nitrogens with one attached hydrogen (secondary N) is 1. The zero-order chi connectivity index (χ0) is 14.4. The molecule has 0 spiro atoms. The Kier molecular flexibility index (Phi) is 5.55. The highest BCUT2D eigenvalue weighted by Crippen LogP contribution is 2.29. The van der Waals surface area contributed by atoms with Gasteiger partial charge in [0.15, 0.2) is 6.61 Å². The third kappa shape index (κ3) is 4.29. The monoisotopic (exact) mass is 315 g/mol. The molecule has 110 valence electrons. The molecule has 0 aromatic heterocycles. The molecule has 1 saturated carbocycles. The maximum Gasteiger partial charge on any atom is 0.258 e. The van der Waals surface area contributed by atoms with Gasteiger partial charge in [0.2, 0.25) is 0 Å². The van der Waals surface area contributed by atoms with Crippen LogP contribution in [0.25, 0.3) is 0 Å². The Morgan fingerprint density at radius 1 is 1.30 bits per heavy atom. The SMILES string of the molecule is O=C(COc1cccc(Cl)c1)NC1(CCl)CCCCC1. The lowest BCUT2D eigenvalue weighted by Crippen LogP contribution is -2.52. The summed E-state index contributed by atoms with van der Waals surface area (Å²) in [5, 5.41) is 3.63. The van der Waals surface area contributed by atoms with Crippen molar-refractivity contribution in [2.24, 2.45) is 0 Å². The minimum Gasteiger partial charge on any atom is -0.484 e. The summed E-state index contributed by atoms with van der Waals surface area (Å²) >= 11 is 11.9. The molecule has 0 radical (unpaired) electrons. The largest absolute Gasteiger partial charge is 0.484 e. The Morgan fingerprint density at radius 3 is 2.70 bits per heavy atom. The van der Waals surface area contributed by atoms with Gasteiger partial charge in [-0.15, -0.1) is 11.6 Å². The molecular weight excluding hydrogens is 297 g/mol. The zero-order valence-electron chi connectivity index (χ0n) is 11.3. The molecule has 0 bridgehead atoms. The number of alkyl halides is 1. The molecule has 1 amide bonds. The number of ether oxygens (including phenoxy) is 1. The zero-order valence-corrected chi connectivity index (χ0v) is 12.8. The molecule has 1 aliphatic carbocycles. The van der Waals surface area contributed by atoms with Crippen molar-refractivity contribution in [1.29, 1.82) is 0 Å². The fraction of sp³-hybridized carbons (Fsp3) is 0.533. The minimum absolute atomic E-state index is 0.0149. The first-order chi connectivity index (χ1) is 9.63. The van der Waals surface area contributed by atoms with Gasteiger partial charge in [0.25, 0.3) is 5.91 Å². The molecule has 1 N–H and O–H groups in total. The van der Waals surface area contributed by atoms with Crippen molar-refractivity contribution in [3.63, 3.8) is 0 Å². The van der Waals surface area contributed by atoms with Crippen molar-refractivity contribution in [1.82, 2.24) is 5.32 Å². The molecule has 20 heavy (non-hydrogen) atoms. The number of carbonyl (C=O) groups is 1. The summed E-state index contributed by atoms with van der Waals surface area (Å²) in [6.07, 6.45) is 5.33. The normalized spacial score (nSPS) is 17.5. The van der Waals surface area contributed by atoms with E-state index in [2.05, 4.69) is 5.32 Å². The van der Waals surface area contributed by atoms with E-state index in [-0.39, 0.29) is 18.1 Å². The van der Waals surface area contributed by atoms with Crippen LogP contribution in [0.4, 0.5) is 0 Å². The standard InChI is InChI=1S/C15H19Cl2NO2/c16-11-15(7-2-1-3-8-15)18-14(19)10-20-13-6-4-5-12(17)9-13/h4-6,9H,1-3,7-8,10-11H2,(H,18,19). The summed E-state index contributed by atoms with van der Waals surface area (Å²) in [4.78, 5) is 12.0. The highest BCUT2D eigenvalue weighted by atomic mass is 35.5. The molecule has 5 heteroatoms. The third-order valence-corrected chi connectivity index (χ3v) is 4.38. The summed E-state index contributed by atoms with van der Waals surface area (Å²) in [5.74, 6) is 0.916. The van der Waals surface area contributed by atoms with Crippen LogP contribution in [0, 0.1) is 0 Å². The second kappa shape index (κ2) is 7.19. The smallest absolute Gasteiger partial charge is 0.258 e. The fourth-order valence-corrected chi connectivity index (χ4v) is 3.07. The van der Waals surface area contributed by atoms with Gasteiger partial charge in [0.1, 0.15) is 5.75 Å². The molecule has 0 heterocycles. The van der Waals surface area contributed by atoms with E-state index >= 15 is 0 Å². The summed E-state index contributed by atoms with van der Waals surface area (Å²) in [5.41, 5.74) is -0.255. The minimum atomic E-state index is -0.255. The van der Waals surface area contributed by atoms with Gasteiger partial charge in [0, 0.05) is 10.9 Å². The average molecular weight is 316 g/mol. The highest BCUT2D eigenvalue weighted by molar-refractivity contribution is 6.30. The molecule has 0 aliphatic heterocycles. The summed E-state index contributed by atoms with van der Waals surface area (Å²) in [6.45, 7) is -0.0149. The van der Waals surface area contributed by atoms with E-state index in [1.165, 1.54) is 6.42 Å². The van der Waals surface area contributed by atoms with E-state index in [1.54, 1.807) is 24.3 Å². The molecule has 1 aromatic rings. The van der Waals surface area contributed by atoms with Gasteiger partial charge in [-0.05, 0) is 31.0 Å². The lowest BCUT2D eigenvalue weighted by molar-refractivity contribution is -0.125. The van der Waals surface area contributed by atoms with Crippen LogP contribution in [0.2, 0.25) is 5.02 Å². The predicted molar refractivity (Wildman–Crippen MR) is 81.6 cm³/mol. The molecular formula is C15H19Cl2NO2. The molecule has 0 atom stereocenters. The van der Waals surface area contributed by atoms with Crippen molar-refractivity contribution >= 4 is 29.1 Å². The number of hydrogen-bond acceptors (Lipinski definition) is 2. The topological polar surface area (TPSA) is 38.3 Å². The van der Waals surface area contributed by atoms with Crippen LogP contribution >= 0.6 is 23.2 Å². The van der Waals surface area contributed by atoms with Crippen LogP contribution in [0.15, 0.2) is 24.3 Å². The Hall–Kier alpha value is -0.930. The Balaban J connectivity index is 1.85. The summed E-state index contributed by atoms with van der Waals surface area (Å²) in [6, 6.07) is 7.01. The maximum absolute atomic E-state index is 12.0. The number of amides is 1. The van der Waals surface area contributed by atoms with E-state index in [0.717, 1.165) is 25.7 Å². The number of rotatable bonds is 5. The predicted octanol–water partition coefficient (Wildman–Crippen LogP) is 3.78. The first kappa shape index (κ1) is 15.5. The molecule has 0 unspecified atom stereocenters. The van der Waals surface area contributed by atoms with Crippen LogP contribution in [0.5, 0.6) is 5.75 Å². The number of carbonyl (C=O) groups excluding carboxylic acids is 1. The lowest BCUT2D eigenvalue weighted by atomic mass is 9.83. The Bertz CT molecular complexity index is 459. The molecule has 1 fully saturated rings. The average Bonchev–Trinajstić information content (AvgIpc) is 2.46. The summed E-state index contributed by atoms with van der Waals surface area (Å²) < 4.78 is 5.44. The van der Waals surface area contributed by atoms with Crippen LogP contribution in [0.3, 0.4) is 0 Å². The van der Waals surface area contributed by atoms with Gasteiger partial charge in [0.05, 0.1) is 5.54 Å². The quantitative estimate of drug-likeness (QED) is 0.840. The second-order valence-corrected chi connectivity index (χ2v) is 5.97. The highest BCUT2D eigenvalue weighted by Gasteiger charge is 2.32. The molecule has 2 rings (SSSR count). The van der Waals surface area contributed by atoms with Crippen LogP contribution < -0.4 is 10.1 Å². The third-order valence-electron chi connectivity index (χ3n) is 3.64. The lowest BCUT2D eigenvalue weighted by Gasteiger charge is -2.36. The first-order valence-electron chi connectivity index (χ1n) is 6.89. The van der Waals surface area contributed by atoms with Crippen LogP contribution in [0.1, 0.15) is 32.1 Å². The van der Waals surface area contributed by atoms with E-state index in [1.807, 2.05) is 0 Å². The molecule has 1 aromatic carbocycles. The first-order valence-corrected chi connectivity index (χ1v) is 7.80. The second-order valence-electron chi connectivity index (χ2n) is 5.27. The number of hydrogen-bond donors (Lipinski definition) is 1. The molecule has 3 nitrogen and oxygen atoms in total. The van der Waals surface area contributed by atoms with Crippen LogP contribution in [-0.2, 0) is 4.79 Å². The van der Waals surface area contributed by atoms with Crippen molar-refractivity contribution in [3.8, 4) is 5.75 Å². The van der Waals surface area contributed by atoms with E-state index < -0.39 is 0 Å². The van der Waals surface area contributed by atoms with Crippen molar-refractivity contribution < 1.29 is 9.53 Å². The van der Waals surface area contributed by atoms with Crippen LogP contribution in [-0.4, -0.2) is 23.9 Å². The molecule has 1 aliphatic rings. The fourth-order valence-electron chi connectivity index (χ4n) is 2.56. The van der Waals surface area contributed by atoms with Crippen molar-refractivity contribution in [2.45, 2.75) is 37.6 Å². The Morgan fingerprint density at radius 2 is 2.05 bits per heavy atom. The van der Waals surface area contributed by atoms with Crippen molar-refractivity contribution in [2.75, 3.05) is 12.5 Å². The van der Waals surface area contributed by atoms with E-state index in [0.29, 0.717) is 16.7 Å². The van der Waals surface area contributed by atoms with Crippen molar-refractivity contribution in [3.05, 3.63) is 29.3 Å². The van der Waals surface area contributed by atoms with Gasteiger partial charge in [-0.2, -0.15) is 0 Å². The van der Waals surface area contributed by atoms with Gasteiger partial charge in [-0.1, -0.05) is 36.9 Å². The van der Waals surface area contributed by atoms with Gasteiger partial charge in [-0.25, -0.2) is 0 Å². The van der Waals surface area contributed by atoms with E-state index in [9.17, 15) is 4.79 Å². The number of benzene rings is 1. The van der Waals surface area contributed by atoms with Gasteiger partial charge in [-0.3, -0.25) is 4.79 Å². The molecule has 0 saturated heterocycles. The maximum atomic E-state index is 12.0. The summed E-state index contributed by atoms with van der Waals surface area (Å²) in [7, 11) is 0. The number of halogens is 2. The Labute approximate surface area is 129 Å². The van der Waals surface area contributed by atoms with Gasteiger partial charge >= 0.3 is 0 Å². The van der Waals surface area contributed by atoms with Gasteiger partial charge < -0.3 is 10.1 Å².